The maximum Gasteiger partial charge on any atom is 0.261 e. The van der Waals surface area contributed by atoms with Crippen LogP contribution in [0.25, 0.3) is 0 Å². The molecule has 0 heterocycles. The Balaban J connectivity index is 3.23. The van der Waals surface area contributed by atoms with Gasteiger partial charge in [-0.15, -0.1) is 0 Å². The summed E-state index contributed by atoms with van der Waals surface area (Å²) >= 11 is 0. The van der Waals surface area contributed by atoms with E-state index >= 15 is 0 Å². The van der Waals surface area contributed by atoms with Gasteiger partial charge in [-0.1, -0.05) is 26.7 Å². The SMILES string of the molecule is CCCCN(CCCC)S(=O)(=O)c1ccc(S(=O)(=O)Cl)cc1F. The summed E-state index contributed by atoms with van der Waals surface area (Å²) in [4.78, 5) is -1.00. The summed E-state index contributed by atoms with van der Waals surface area (Å²) < 4.78 is 63.1. The van der Waals surface area contributed by atoms with Gasteiger partial charge >= 0.3 is 0 Å². The van der Waals surface area contributed by atoms with Crippen LogP contribution in [0.4, 0.5) is 4.39 Å². The van der Waals surface area contributed by atoms with E-state index in [1.54, 1.807) is 0 Å². The number of sulfonamides is 1. The van der Waals surface area contributed by atoms with Crippen LogP contribution < -0.4 is 0 Å². The fraction of sp³-hybridized carbons (Fsp3) is 0.571. The third kappa shape index (κ3) is 5.41. The second-order valence-electron chi connectivity index (χ2n) is 5.14. The van der Waals surface area contributed by atoms with Crippen LogP contribution in [0.2, 0.25) is 0 Å². The van der Waals surface area contributed by atoms with Gasteiger partial charge in [-0.3, -0.25) is 0 Å². The first kappa shape index (κ1) is 20.3. The molecule has 0 amide bonds. The van der Waals surface area contributed by atoms with Crippen molar-refractivity contribution >= 4 is 29.8 Å². The van der Waals surface area contributed by atoms with Crippen molar-refractivity contribution in [1.82, 2.24) is 4.31 Å². The first-order valence-electron chi connectivity index (χ1n) is 7.39. The molecule has 23 heavy (non-hydrogen) atoms. The number of halogens is 2. The third-order valence-corrected chi connectivity index (χ3v) is 6.61. The summed E-state index contributed by atoms with van der Waals surface area (Å²) in [5.41, 5.74) is 0. The minimum Gasteiger partial charge on any atom is -0.207 e. The summed E-state index contributed by atoms with van der Waals surface area (Å²) in [6.07, 6.45) is 2.95. The summed E-state index contributed by atoms with van der Waals surface area (Å²) in [5.74, 6) is -1.12. The molecule has 0 N–H and O–H groups in total. The Labute approximate surface area is 141 Å². The number of hydrogen-bond donors (Lipinski definition) is 0. The van der Waals surface area contributed by atoms with E-state index in [1.807, 2.05) is 13.8 Å². The standard InChI is InChI=1S/C14H21ClFNO4S2/c1-3-5-9-17(10-6-4-2)23(20,21)14-8-7-12(11-13(14)16)22(15,18)19/h7-8,11H,3-6,9-10H2,1-2H3. The maximum absolute atomic E-state index is 14.2. The number of unbranched alkanes of at least 4 members (excludes halogenated alkanes) is 2. The summed E-state index contributed by atoms with van der Waals surface area (Å²) in [6.45, 7) is 4.47. The minimum atomic E-state index is -4.11. The maximum atomic E-state index is 14.2. The molecule has 0 saturated carbocycles. The number of rotatable bonds is 9. The topological polar surface area (TPSA) is 71.5 Å². The molecule has 0 aromatic heterocycles. The van der Waals surface area contributed by atoms with E-state index in [9.17, 15) is 21.2 Å². The highest BCUT2D eigenvalue weighted by atomic mass is 35.7. The van der Waals surface area contributed by atoms with Crippen LogP contribution >= 0.6 is 10.7 Å². The Morgan fingerprint density at radius 3 is 1.96 bits per heavy atom. The molecule has 0 fully saturated rings. The van der Waals surface area contributed by atoms with Gasteiger partial charge in [0.25, 0.3) is 9.05 Å². The summed E-state index contributed by atoms with van der Waals surface area (Å²) in [7, 11) is -2.99. The first-order valence-corrected chi connectivity index (χ1v) is 11.1. The van der Waals surface area contributed by atoms with Crippen molar-refractivity contribution in [2.45, 2.75) is 49.3 Å². The minimum absolute atomic E-state index is 0.299. The summed E-state index contributed by atoms with van der Waals surface area (Å²) in [5, 5.41) is 0. The van der Waals surface area contributed by atoms with E-state index in [4.69, 9.17) is 10.7 Å². The molecule has 0 atom stereocenters. The van der Waals surface area contributed by atoms with Crippen molar-refractivity contribution in [2.75, 3.05) is 13.1 Å². The fourth-order valence-corrected chi connectivity index (χ4v) is 4.33. The van der Waals surface area contributed by atoms with Gasteiger partial charge in [-0.05, 0) is 31.0 Å². The van der Waals surface area contributed by atoms with E-state index < -0.39 is 34.7 Å². The summed E-state index contributed by atoms with van der Waals surface area (Å²) in [6, 6.07) is 2.58. The van der Waals surface area contributed by atoms with E-state index in [2.05, 4.69) is 0 Å². The molecule has 0 radical (unpaired) electrons. The predicted molar refractivity (Wildman–Crippen MR) is 88.0 cm³/mol. The third-order valence-electron chi connectivity index (χ3n) is 3.32. The average Bonchev–Trinajstić information content (AvgIpc) is 2.45. The molecule has 0 bridgehead atoms. The largest absolute Gasteiger partial charge is 0.261 e. The molecule has 1 rings (SSSR count). The van der Waals surface area contributed by atoms with E-state index in [-0.39, 0.29) is 0 Å². The molecule has 0 saturated heterocycles. The normalized spacial score (nSPS) is 12.7. The van der Waals surface area contributed by atoms with Gasteiger partial charge in [-0.25, -0.2) is 21.2 Å². The van der Waals surface area contributed by atoms with Gasteiger partial charge < -0.3 is 0 Å². The predicted octanol–water partition coefficient (Wildman–Crippen LogP) is 3.34. The molecule has 0 aliphatic carbocycles. The monoisotopic (exact) mass is 385 g/mol. The van der Waals surface area contributed by atoms with Crippen LogP contribution in [0.1, 0.15) is 39.5 Å². The molecule has 132 valence electrons. The van der Waals surface area contributed by atoms with Gasteiger partial charge in [-0.2, -0.15) is 4.31 Å². The lowest BCUT2D eigenvalue weighted by atomic mass is 10.3. The first-order chi connectivity index (χ1) is 10.6. The molecule has 0 spiro atoms. The number of nitrogens with zero attached hydrogens (tertiary/aromatic N) is 1. The van der Waals surface area contributed by atoms with Crippen LogP contribution in [-0.4, -0.2) is 34.2 Å². The fourth-order valence-electron chi connectivity index (χ4n) is 2.00. The molecule has 0 aliphatic heterocycles. The van der Waals surface area contributed by atoms with Crippen molar-refractivity contribution in [1.29, 1.82) is 0 Å². The average molecular weight is 386 g/mol. The van der Waals surface area contributed by atoms with Crippen molar-refractivity contribution < 1.29 is 21.2 Å². The molecule has 0 aliphatic rings. The molecule has 5 nitrogen and oxygen atoms in total. The molecular formula is C14H21ClFNO4S2. The zero-order valence-corrected chi connectivity index (χ0v) is 15.5. The zero-order valence-electron chi connectivity index (χ0n) is 13.1. The van der Waals surface area contributed by atoms with Crippen molar-refractivity contribution in [3.63, 3.8) is 0 Å². The Bertz CT molecular complexity index is 727. The molecule has 1 aromatic carbocycles. The van der Waals surface area contributed by atoms with Crippen molar-refractivity contribution in [2.24, 2.45) is 0 Å². The number of hydrogen-bond acceptors (Lipinski definition) is 4. The Morgan fingerprint density at radius 2 is 1.57 bits per heavy atom. The van der Waals surface area contributed by atoms with Gasteiger partial charge in [0.05, 0.1) is 4.90 Å². The van der Waals surface area contributed by atoms with Crippen molar-refractivity contribution in [3.05, 3.63) is 24.0 Å². The Hall–Kier alpha value is -0.700. The number of benzene rings is 1. The molecule has 0 unspecified atom stereocenters. The zero-order chi connectivity index (χ0) is 17.7. The van der Waals surface area contributed by atoms with Crippen molar-refractivity contribution in [3.8, 4) is 0 Å². The quantitative estimate of drug-likeness (QED) is 0.611. The Morgan fingerprint density at radius 1 is 1.04 bits per heavy atom. The van der Waals surface area contributed by atoms with Crippen LogP contribution in [0.3, 0.4) is 0 Å². The van der Waals surface area contributed by atoms with E-state index in [1.165, 1.54) is 4.31 Å². The van der Waals surface area contributed by atoms with E-state index in [0.29, 0.717) is 32.0 Å². The highest BCUT2D eigenvalue weighted by molar-refractivity contribution is 8.13. The van der Waals surface area contributed by atoms with Gasteiger partial charge in [0, 0.05) is 23.8 Å². The van der Waals surface area contributed by atoms with Crippen LogP contribution in [-0.2, 0) is 19.1 Å². The lowest BCUT2D eigenvalue weighted by Crippen LogP contribution is -2.33. The highest BCUT2D eigenvalue weighted by Crippen LogP contribution is 2.24. The van der Waals surface area contributed by atoms with Gasteiger partial charge in [0.1, 0.15) is 10.7 Å². The van der Waals surface area contributed by atoms with Crippen LogP contribution in [0.15, 0.2) is 28.0 Å². The highest BCUT2D eigenvalue weighted by Gasteiger charge is 2.27. The van der Waals surface area contributed by atoms with Crippen LogP contribution in [0.5, 0.6) is 0 Å². The molecule has 1 aromatic rings. The molecular weight excluding hydrogens is 365 g/mol. The van der Waals surface area contributed by atoms with Gasteiger partial charge in [0.2, 0.25) is 10.0 Å². The van der Waals surface area contributed by atoms with Gasteiger partial charge in [0.15, 0.2) is 0 Å². The smallest absolute Gasteiger partial charge is 0.207 e. The lowest BCUT2D eigenvalue weighted by Gasteiger charge is -2.22. The molecule has 9 heteroatoms. The second-order valence-corrected chi connectivity index (χ2v) is 9.61. The second kappa shape index (κ2) is 8.41. The lowest BCUT2D eigenvalue weighted by molar-refractivity contribution is 0.392. The van der Waals surface area contributed by atoms with E-state index in [0.717, 1.165) is 25.0 Å². The Kier molecular flexibility index (Phi) is 7.44. The van der Waals surface area contributed by atoms with Crippen LogP contribution in [0, 0.1) is 5.82 Å².